The number of nitrogens with zero attached hydrogens (tertiary/aromatic N) is 2. The van der Waals surface area contributed by atoms with E-state index in [1.54, 1.807) is 12.1 Å². The van der Waals surface area contributed by atoms with Crippen LogP contribution in [0.3, 0.4) is 0 Å². The fourth-order valence-corrected chi connectivity index (χ4v) is 1.47. The Morgan fingerprint density at radius 3 is 2.67 bits per heavy atom. The second-order valence-corrected chi connectivity index (χ2v) is 3.91. The van der Waals surface area contributed by atoms with Crippen molar-refractivity contribution in [3.05, 3.63) is 59.9 Å². The minimum absolute atomic E-state index is 0.125. The van der Waals surface area contributed by atoms with E-state index in [-0.39, 0.29) is 5.75 Å². The largest absolute Gasteiger partial charge is 0.506 e. The topological polar surface area (TPSA) is 57.5 Å². The molecule has 2 N–H and O–H groups in total. The molecule has 0 unspecified atom stereocenters. The summed E-state index contributed by atoms with van der Waals surface area (Å²) in [4.78, 5) is 4.51. The lowest BCUT2D eigenvalue weighted by molar-refractivity contribution is 0.472. The molecule has 0 bridgehead atoms. The molecule has 0 spiro atoms. The highest BCUT2D eigenvalue weighted by Gasteiger charge is 1.97. The van der Waals surface area contributed by atoms with Gasteiger partial charge in [-0.3, -0.25) is 10.4 Å². The number of aromatic hydroxyl groups is 1. The highest BCUT2D eigenvalue weighted by Crippen LogP contribution is 2.04. The molecule has 0 aliphatic carbocycles. The standard InChI is InChI=1S/C13H11N3OS/c17-12-7-6-11(14-9-12)8-15-16-13(18)10-4-2-1-3-5-10/h1-9,17H,(H,16,18)/b15-8-. The van der Waals surface area contributed by atoms with Gasteiger partial charge < -0.3 is 5.11 Å². The average molecular weight is 257 g/mol. The van der Waals surface area contributed by atoms with E-state index in [0.29, 0.717) is 10.7 Å². The number of rotatable bonds is 3. The maximum absolute atomic E-state index is 9.08. The van der Waals surface area contributed by atoms with E-state index in [0.717, 1.165) is 5.56 Å². The first-order valence-electron chi connectivity index (χ1n) is 5.29. The van der Waals surface area contributed by atoms with Gasteiger partial charge in [-0.25, -0.2) is 0 Å². The molecule has 4 nitrogen and oxygen atoms in total. The Labute approximate surface area is 110 Å². The minimum atomic E-state index is 0.125. The Morgan fingerprint density at radius 1 is 1.22 bits per heavy atom. The minimum Gasteiger partial charge on any atom is -0.506 e. The molecule has 1 aromatic heterocycles. The molecular weight excluding hydrogens is 246 g/mol. The molecule has 2 rings (SSSR count). The summed E-state index contributed by atoms with van der Waals surface area (Å²) in [5, 5.41) is 13.1. The number of aromatic nitrogens is 1. The van der Waals surface area contributed by atoms with Gasteiger partial charge in [0.15, 0.2) is 0 Å². The van der Waals surface area contributed by atoms with E-state index in [9.17, 15) is 0 Å². The fraction of sp³-hybridized carbons (Fsp3) is 0. The normalized spacial score (nSPS) is 10.4. The molecule has 5 heteroatoms. The molecule has 1 aromatic carbocycles. The molecule has 2 aromatic rings. The van der Waals surface area contributed by atoms with Crippen LogP contribution in [0.5, 0.6) is 5.75 Å². The molecule has 0 aliphatic rings. The molecule has 90 valence electrons. The van der Waals surface area contributed by atoms with Gasteiger partial charge in [-0.05, 0) is 12.1 Å². The second kappa shape index (κ2) is 5.88. The van der Waals surface area contributed by atoms with Crippen molar-refractivity contribution in [1.29, 1.82) is 0 Å². The Morgan fingerprint density at radius 2 is 2.00 bits per heavy atom. The van der Waals surface area contributed by atoms with Gasteiger partial charge in [0.2, 0.25) is 0 Å². The lowest BCUT2D eigenvalue weighted by Crippen LogP contribution is -2.16. The molecular formula is C13H11N3OS. The molecule has 0 fully saturated rings. The average Bonchev–Trinajstić information content (AvgIpc) is 2.42. The van der Waals surface area contributed by atoms with Gasteiger partial charge in [0.25, 0.3) is 0 Å². The van der Waals surface area contributed by atoms with Crippen LogP contribution in [-0.4, -0.2) is 21.3 Å². The molecule has 0 saturated heterocycles. The van der Waals surface area contributed by atoms with Gasteiger partial charge in [0, 0.05) is 5.56 Å². The van der Waals surface area contributed by atoms with Crippen LogP contribution in [0.2, 0.25) is 0 Å². The Balaban J connectivity index is 1.96. The number of nitrogens with one attached hydrogen (secondary N) is 1. The fourth-order valence-electron chi connectivity index (χ4n) is 1.28. The van der Waals surface area contributed by atoms with Crippen molar-refractivity contribution in [3.63, 3.8) is 0 Å². The molecule has 1 heterocycles. The summed E-state index contributed by atoms with van der Waals surface area (Å²) in [6.45, 7) is 0. The summed E-state index contributed by atoms with van der Waals surface area (Å²) >= 11 is 5.17. The van der Waals surface area contributed by atoms with Crippen molar-refractivity contribution in [1.82, 2.24) is 10.4 Å². The van der Waals surface area contributed by atoms with Crippen molar-refractivity contribution in [2.75, 3.05) is 0 Å². The van der Waals surface area contributed by atoms with Crippen LogP contribution in [0.1, 0.15) is 11.3 Å². The van der Waals surface area contributed by atoms with E-state index < -0.39 is 0 Å². The van der Waals surface area contributed by atoms with Crippen LogP contribution >= 0.6 is 12.2 Å². The van der Waals surface area contributed by atoms with Crippen LogP contribution < -0.4 is 5.43 Å². The van der Waals surface area contributed by atoms with Crippen LogP contribution in [-0.2, 0) is 0 Å². The summed E-state index contributed by atoms with van der Waals surface area (Å²) in [5.74, 6) is 0.125. The SMILES string of the molecule is Oc1ccc(/C=N\NC(=S)c2ccccc2)nc1. The van der Waals surface area contributed by atoms with Crippen molar-refractivity contribution >= 4 is 23.4 Å². The first kappa shape index (κ1) is 12.2. The molecule has 0 saturated carbocycles. The van der Waals surface area contributed by atoms with E-state index >= 15 is 0 Å². The van der Waals surface area contributed by atoms with Crippen molar-refractivity contribution in [2.24, 2.45) is 5.10 Å². The quantitative estimate of drug-likeness (QED) is 0.502. The summed E-state index contributed by atoms with van der Waals surface area (Å²) in [5.41, 5.74) is 4.30. The lowest BCUT2D eigenvalue weighted by atomic mass is 10.2. The summed E-state index contributed by atoms with van der Waals surface area (Å²) in [6.07, 6.45) is 2.89. The summed E-state index contributed by atoms with van der Waals surface area (Å²) in [6, 6.07) is 12.8. The monoisotopic (exact) mass is 257 g/mol. The highest BCUT2D eigenvalue weighted by molar-refractivity contribution is 7.80. The van der Waals surface area contributed by atoms with Gasteiger partial charge in [-0.2, -0.15) is 5.10 Å². The van der Waals surface area contributed by atoms with Crippen LogP contribution in [0.15, 0.2) is 53.8 Å². The van der Waals surface area contributed by atoms with Crippen molar-refractivity contribution in [3.8, 4) is 5.75 Å². The number of hydrazone groups is 1. The van der Waals surface area contributed by atoms with Crippen molar-refractivity contribution in [2.45, 2.75) is 0 Å². The first-order chi connectivity index (χ1) is 8.75. The Kier molecular flexibility index (Phi) is 3.98. The Bertz CT molecular complexity index is 552. The van der Waals surface area contributed by atoms with Gasteiger partial charge in [0.1, 0.15) is 10.7 Å². The van der Waals surface area contributed by atoms with E-state index in [1.807, 2.05) is 30.3 Å². The third-order valence-corrected chi connectivity index (χ3v) is 2.50. The zero-order valence-electron chi connectivity index (χ0n) is 9.45. The van der Waals surface area contributed by atoms with Crippen LogP contribution in [0.25, 0.3) is 0 Å². The zero-order valence-corrected chi connectivity index (χ0v) is 10.3. The molecule has 0 aliphatic heterocycles. The smallest absolute Gasteiger partial charge is 0.133 e. The third-order valence-electron chi connectivity index (χ3n) is 2.17. The van der Waals surface area contributed by atoms with E-state index in [4.69, 9.17) is 17.3 Å². The van der Waals surface area contributed by atoms with Gasteiger partial charge >= 0.3 is 0 Å². The predicted octanol–water partition coefficient (Wildman–Crippen LogP) is 2.09. The summed E-state index contributed by atoms with van der Waals surface area (Å²) < 4.78 is 0. The maximum atomic E-state index is 9.08. The zero-order chi connectivity index (χ0) is 12.8. The van der Waals surface area contributed by atoms with Gasteiger partial charge in [-0.15, -0.1) is 0 Å². The lowest BCUT2D eigenvalue weighted by Gasteiger charge is -2.01. The van der Waals surface area contributed by atoms with E-state index in [2.05, 4.69) is 15.5 Å². The van der Waals surface area contributed by atoms with Gasteiger partial charge in [0.05, 0.1) is 18.1 Å². The highest BCUT2D eigenvalue weighted by atomic mass is 32.1. The number of benzene rings is 1. The molecule has 0 atom stereocenters. The maximum Gasteiger partial charge on any atom is 0.133 e. The van der Waals surface area contributed by atoms with Crippen molar-refractivity contribution < 1.29 is 5.11 Å². The molecule has 0 amide bonds. The number of hydrogen-bond donors (Lipinski definition) is 2. The Hall–Kier alpha value is -2.27. The molecule has 18 heavy (non-hydrogen) atoms. The van der Waals surface area contributed by atoms with Crippen LogP contribution in [0.4, 0.5) is 0 Å². The number of pyridine rings is 1. The third kappa shape index (κ3) is 3.36. The number of thiocarbonyl (C=S) groups is 1. The summed E-state index contributed by atoms with van der Waals surface area (Å²) in [7, 11) is 0. The van der Waals surface area contributed by atoms with Gasteiger partial charge in [-0.1, -0.05) is 42.5 Å². The molecule has 0 radical (unpaired) electrons. The predicted molar refractivity (Wildman–Crippen MR) is 74.8 cm³/mol. The van der Waals surface area contributed by atoms with E-state index in [1.165, 1.54) is 12.4 Å². The first-order valence-corrected chi connectivity index (χ1v) is 5.70. The second-order valence-electron chi connectivity index (χ2n) is 3.51. The number of hydrogen-bond acceptors (Lipinski definition) is 4. The van der Waals surface area contributed by atoms with Crippen LogP contribution in [0, 0.1) is 0 Å².